The summed E-state index contributed by atoms with van der Waals surface area (Å²) in [5.74, 6) is -0.113. The van der Waals surface area contributed by atoms with Gasteiger partial charge in [-0.2, -0.15) is 5.10 Å². The van der Waals surface area contributed by atoms with Crippen LogP contribution in [-0.4, -0.2) is 28.8 Å². The van der Waals surface area contributed by atoms with Gasteiger partial charge in [-0.15, -0.1) is 0 Å². The van der Waals surface area contributed by atoms with Crippen molar-refractivity contribution in [1.82, 2.24) is 9.78 Å². The molecule has 0 saturated heterocycles. The first-order valence-corrected chi connectivity index (χ1v) is 7.62. The topological polar surface area (TPSA) is 64.2 Å². The van der Waals surface area contributed by atoms with Gasteiger partial charge in [-0.3, -0.25) is 9.48 Å². The molecule has 1 amide bonds. The first-order chi connectivity index (χ1) is 11.1. The van der Waals surface area contributed by atoms with Crippen molar-refractivity contribution in [2.24, 2.45) is 5.73 Å². The number of nitrogens with two attached hydrogens (primary N) is 1. The average molecular weight is 335 g/mol. The van der Waals surface area contributed by atoms with Crippen LogP contribution in [-0.2, 0) is 13.0 Å². The van der Waals surface area contributed by atoms with Crippen molar-refractivity contribution >= 4 is 23.2 Å². The van der Waals surface area contributed by atoms with Crippen molar-refractivity contribution < 1.29 is 9.18 Å². The summed E-state index contributed by atoms with van der Waals surface area (Å²) in [6.07, 6.45) is 2.79. The number of aromatic nitrogens is 2. The van der Waals surface area contributed by atoms with Crippen molar-refractivity contribution in [3.63, 3.8) is 0 Å². The van der Waals surface area contributed by atoms with E-state index in [1.165, 1.54) is 0 Å². The van der Waals surface area contributed by atoms with Crippen molar-refractivity contribution in [2.75, 3.05) is 18.0 Å². The van der Waals surface area contributed by atoms with Gasteiger partial charge in [0.2, 0.25) is 0 Å². The van der Waals surface area contributed by atoms with Crippen LogP contribution >= 0.6 is 11.6 Å². The highest BCUT2D eigenvalue weighted by Crippen LogP contribution is 2.25. The molecule has 3 rings (SSSR count). The van der Waals surface area contributed by atoms with Crippen LogP contribution in [0, 0.1) is 0 Å². The van der Waals surface area contributed by atoms with E-state index in [9.17, 15) is 9.18 Å². The van der Waals surface area contributed by atoms with E-state index in [-0.39, 0.29) is 19.0 Å². The number of carbonyl (C=O) groups is 1. The summed E-state index contributed by atoms with van der Waals surface area (Å²) in [7, 11) is 0. The number of fused-ring (bicyclic) bond motifs is 1. The van der Waals surface area contributed by atoms with E-state index in [2.05, 4.69) is 5.10 Å². The normalized spacial score (nSPS) is 15.0. The first kappa shape index (κ1) is 15.7. The molecule has 1 aliphatic rings. The number of nitrogens with zero attached hydrogens (tertiary/aromatic N) is 3. The number of benzene rings is 1. The number of halogens is 2. The Morgan fingerprint density at radius 2 is 2.13 bits per heavy atom. The second-order valence-corrected chi connectivity index (χ2v) is 5.78. The smallest absolute Gasteiger partial charge is 0.261 e. The van der Waals surface area contributed by atoms with Crippen LogP contribution in [0.2, 0.25) is 5.02 Å². The van der Waals surface area contributed by atoms with Gasteiger partial charge in [0, 0.05) is 36.4 Å². The molecule has 120 valence electrons. The summed E-state index contributed by atoms with van der Waals surface area (Å²) in [6.45, 7) is 0.910. The minimum absolute atomic E-state index is 0.113. The molecule has 2 heterocycles. The lowest BCUT2D eigenvalue weighted by Gasteiger charge is -2.26. The van der Waals surface area contributed by atoms with Crippen molar-refractivity contribution in [1.29, 1.82) is 0 Å². The van der Waals surface area contributed by atoms with Crippen LogP contribution in [0.25, 0.3) is 0 Å². The molecule has 0 atom stereocenters. The maximum Gasteiger partial charge on any atom is 0.261 e. The van der Waals surface area contributed by atoms with Gasteiger partial charge in [0.15, 0.2) is 0 Å². The molecule has 1 aromatic carbocycles. The Labute approximate surface area is 138 Å². The number of amides is 1. The van der Waals surface area contributed by atoms with E-state index < -0.39 is 0 Å². The highest BCUT2D eigenvalue weighted by Gasteiger charge is 2.28. The Morgan fingerprint density at radius 1 is 1.39 bits per heavy atom. The second-order valence-electron chi connectivity index (χ2n) is 5.34. The summed E-state index contributed by atoms with van der Waals surface area (Å²) in [6, 6.07) is 7.13. The molecule has 1 aromatic heterocycles. The minimum atomic E-state index is -0.113. The number of carbonyl (C=O) groups excluding carboxylic acids is 1. The van der Waals surface area contributed by atoms with Crippen LogP contribution in [0.5, 0.6) is 0 Å². The molecule has 5 nitrogen and oxygen atoms in total. The third kappa shape index (κ3) is 3.13. The second kappa shape index (κ2) is 6.52. The fourth-order valence-electron chi connectivity index (χ4n) is 2.59. The van der Waals surface area contributed by atoms with Gasteiger partial charge in [-0.05, 0) is 29.8 Å². The SMILES string of the molecule is NC/C(=C\F)Cn1cc2c(n1)CCN(c1ccc(Cl)cc1)C2=O. The lowest BCUT2D eigenvalue weighted by molar-refractivity contribution is 0.0980. The largest absolute Gasteiger partial charge is 0.327 e. The molecule has 0 saturated carbocycles. The summed E-state index contributed by atoms with van der Waals surface area (Å²) in [5, 5.41) is 4.99. The Balaban J connectivity index is 1.85. The van der Waals surface area contributed by atoms with Gasteiger partial charge in [0.25, 0.3) is 5.91 Å². The van der Waals surface area contributed by atoms with Gasteiger partial charge < -0.3 is 10.6 Å². The number of anilines is 1. The van der Waals surface area contributed by atoms with Crippen LogP contribution < -0.4 is 10.6 Å². The van der Waals surface area contributed by atoms with E-state index in [4.69, 9.17) is 17.3 Å². The molecular weight excluding hydrogens is 319 g/mol. The number of rotatable bonds is 4. The zero-order chi connectivity index (χ0) is 16.4. The van der Waals surface area contributed by atoms with Gasteiger partial charge in [0.05, 0.1) is 24.1 Å². The third-order valence-electron chi connectivity index (χ3n) is 3.81. The number of hydrogen-bond acceptors (Lipinski definition) is 3. The van der Waals surface area contributed by atoms with Crippen molar-refractivity contribution in [2.45, 2.75) is 13.0 Å². The summed E-state index contributed by atoms with van der Waals surface area (Å²) in [5.41, 5.74) is 7.95. The van der Waals surface area contributed by atoms with Gasteiger partial charge >= 0.3 is 0 Å². The molecular formula is C16H16ClFN4O. The molecule has 0 bridgehead atoms. The van der Waals surface area contributed by atoms with Gasteiger partial charge in [-0.25, -0.2) is 4.39 Å². The summed E-state index contributed by atoms with van der Waals surface area (Å²) < 4.78 is 14.2. The Hall–Kier alpha value is -2.18. The molecule has 0 aliphatic carbocycles. The molecule has 0 spiro atoms. The highest BCUT2D eigenvalue weighted by molar-refractivity contribution is 6.30. The quantitative estimate of drug-likeness (QED) is 0.934. The van der Waals surface area contributed by atoms with Crippen LogP contribution in [0.15, 0.2) is 42.4 Å². The van der Waals surface area contributed by atoms with E-state index in [1.807, 2.05) is 12.1 Å². The zero-order valence-electron chi connectivity index (χ0n) is 12.4. The van der Waals surface area contributed by atoms with E-state index in [0.29, 0.717) is 35.5 Å². The number of hydrogen-bond donors (Lipinski definition) is 1. The molecule has 2 aromatic rings. The van der Waals surface area contributed by atoms with Crippen molar-refractivity contribution in [3.8, 4) is 0 Å². The fraction of sp³-hybridized carbons (Fsp3) is 0.250. The van der Waals surface area contributed by atoms with Crippen LogP contribution in [0.3, 0.4) is 0 Å². The fourth-order valence-corrected chi connectivity index (χ4v) is 2.72. The predicted molar refractivity (Wildman–Crippen MR) is 87.3 cm³/mol. The van der Waals surface area contributed by atoms with Gasteiger partial charge in [-0.1, -0.05) is 11.6 Å². The maximum absolute atomic E-state index is 12.7. The monoisotopic (exact) mass is 334 g/mol. The lowest BCUT2D eigenvalue weighted by atomic mass is 10.1. The van der Waals surface area contributed by atoms with E-state index >= 15 is 0 Å². The predicted octanol–water partition coefficient (Wildman–Crippen LogP) is 2.55. The molecule has 7 heteroatoms. The summed E-state index contributed by atoms with van der Waals surface area (Å²) >= 11 is 5.88. The zero-order valence-corrected chi connectivity index (χ0v) is 13.1. The maximum atomic E-state index is 12.7. The van der Waals surface area contributed by atoms with Crippen LogP contribution in [0.4, 0.5) is 10.1 Å². The third-order valence-corrected chi connectivity index (χ3v) is 4.06. The molecule has 0 unspecified atom stereocenters. The molecule has 1 aliphatic heterocycles. The standard InChI is InChI=1S/C16H16ClFN4O/c17-12-1-3-13(4-2-12)22-6-5-15-14(16(22)23)10-21(20-15)9-11(7-18)8-19/h1-4,7,10H,5-6,8-9,19H2/b11-7+. The minimum Gasteiger partial charge on any atom is -0.327 e. The summed E-state index contributed by atoms with van der Waals surface area (Å²) in [4.78, 5) is 14.4. The molecule has 2 N–H and O–H groups in total. The van der Waals surface area contributed by atoms with E-state index in [1.54, 1.807) is 27.9 Å². The van der Waals surface area contributed by atoms with E-state index in [0.717, 1.165) is 11.4 Å². The Kier molecular flexibility index (Phi) is 4.45. The van der Waals surface area contributed by atoms with Crippen molar-refractivity contribution in [3.05, 3.63) is 58.6 Å². The molecule has 23 heavy (non-hydrogen) atoms. The van der Waals surface area contributed by atoms with Gasteiger partial charge in [0.1, 0.15) is 0 Å². The van der Waals surface area contributed by atoms with Crippen LogP contribution in [0.1, 0.15) is 16.1 Å². The Bertz CT molecular complexity index is 754. The average Bonchev–Trinajstić information content (AvgIpc) is 2.98. The highest BCUT2D eigenvalue weighted by atomic mass is 35.5. The Morgan fingerprint density at radius 3 is 2.78 bits per heavy atom. The molecule has 0 fully saturated rings. The molecule has 0 radical (unpaired) electrons. The lowest BCUT2D eigenvalue weighted by Crippen LogP contribution is -2.37. The first-order valence-electron chi connectivity index (χ1n) is 7.24.